The van der Waals surface area contributed by atoms with Crippen LogP contribution in [0.25, 0.3) is 11.3 Å². The molecule has 4 aromatic rings. The number of nitrogens with one attached hydrogen (secondary N) is 2. The molecular weight excluding hydrogens is 466 g/mol. The number of aryl methyl sites for hydroxylation is 1. The first-order chi connectivity index (χ1) is 16.9. The number of pyridine rings is 1. The molecule has 2 N–H and O–H groups in total. The van der Waals surface area contributed by atoms with Gasteiger partial charge in [-0.05, 0) is 50.2 Å². The molecule has 0 bridgehead atoms. The van der Waals surface area contributed by atoms with Crippen LogP contribution in [0.3, 0.4) is 0 Å². The number of benzene rings is 2. The first kappa shape index (κ1) is 23.8. The Morgan fingerprint density at radius 3 is 2.71 bits per heavy atom. The summed E-state index contributed by atoms with van der Waals surface area (Å²) in [6, 6.07) is 15.3. The highest BCUT2D eigenvalue weighted by molar-refractivity contribution is 7.14. The molecule has 2 aromatic heterocycles. The summed E-state index contributed by atoms with van der Waals surface area (Å²) < 4.78 is 5.42. The van der Waals surface area contributed by atoms with Crippen molar-refractivity contribution in [3.8, 4) is 17.0 Å². The predicted molar refractivity (Wildman–Crippen MR) is 136 cm³/mol. The van der Waals surface area contributed by atoms with E-state index >= 15 is 0 Å². The highest BCUT2D eigenvalue weighted by atomic mass is 32.1. The molecule has 2 aromatic carbocycles. The van der Waals surface area contributed by atoms with E-state index in [2.05, 4.69) is 20.6 Å². The Balaban J connectivity index is 1.53. The lowest BCUT2D eigenvalue weighted by atomic mass is 10.1. The summed E-state index contributed by atoms with van der Waals surface area (Å²) in [6.45, 7) is 3.83. The Morgan fingerprint density at radius 2 is 2.00 bits per heavy atom. The van der Waals surface area contributed by atoms with Gasteiger partial charge in [-0.3, -0.25) is 25.2 Å². The molecule has 1 atom stereocenters. The van der Waals surface area contributed by atoms with Gasteiger partial charge in [0.1, 0.15) is 11.4 Å². The number of amides is 1. The molecule has 0 aliphatic heterocycles. The third-order valence-corrected chi connectivity index (χ3v) is 6.07. The summed E-state index contributed by atoms with van der Waals surface area (Å²) in [7, 11) is 1.59. The molecule has 35 heavy (non-hydrogen) atoms. The summed E-state index contributed by atoms with van der Waals surface area (Å²) in [5.41, 5.74) is 3.53. The molecule has 0 saturated carbocycles. The van der Waals surface area contributed by atoms with Crippen LogP contribution in [-0.2, 0) is 0 Å². The van der Waals surface area contributed by atoms with Crippen molar-refractivity contribution in [1.29, 1.82) is 0 Å². The van der Waals surface area contributed by atoms with Gasteiger partial charge in [-0.1, -0.05) is 17.7 Å². The van der Waals surface area contributed by atoms with Crippen molar-refractivity contribution in [1.82, 2.24) is 9.97 Å². The van der Waals surface area contributed by atoms with Crippen LogP contribution in [0, 0.1) is 17.0 Å². The largest absolute Gasteiger partial charge is 0.496 e. The van der Waals surface area contributed by atoms with Crippen LogP contribution in [0.1, 0.15) is 34.6 Å². The van der Waals surface area contributed by atoms with Crippen LogP contribution < -0.4 is 15.4 Å². The van der Waals surface area contributed by atoms with Crippen molar-refractivity contribution in [2.24, 2.45) is 0 Å². The van der Waals surface area contributed by atoms with Crippen LogP contribution >= 0.6 is 11.3 Å². The minimum absolute atomic E-state index is 0.151. The van der Waals surface area contributed by atoms with Crippen molar-refractivity contribution in [3.63, 3.8) is 0 Å². The average Bonchev–Trinajstić information content (AvgIpc) is 3.32. The summed E-state index contributed by atoms with van der Waals surface area (Å²) in [5, 5.41) is 19.7. The first-order valence-electron chi connectivity index (χ1n) is 10.7. The van der Waals surface area contributed by atoms with E-state index in [-0.39, 0.29) is 17.3 Å². The number of ether oxygens (including phenoxy) is 1. The number of hydrogen-bond donors (Lipinski definition) is 2. The van der Waals surface area contributed by atoms with Crippen molar-refractivity contribution in [2.45, 2.75) is 19.9 Å². The van der Waals surface area contributed by atoms with Crippen LogP contribution in [-0.4, -0.2) is 27.9 Å². The standard InChI is InChI=1S/C25H23N5O4S/c1-15-7-10-23(34-3)18(12-15)21-14-35-25(28-21)29-24(31)17-8-9-20(22(13-17)30(32)33)27-16(2)19-6-4-5-11-26-19/h4-14,16,27H,1-3H3,(H,28,29,31). The normalized spacial score (nSPS) is 11.5. The fourth-order valence-electron chi connectivity index (χ4n) is 3.53. The predicted octanol–water partition coefficient (Wildman–Crippen LogP) is 5.86. The smallest absolute Gasteiger partial charge is 0.293 e. The molecule has 178 valence electrons. The van der Waals surface area contributed by atoms with E-state index in [9.17, 15) is 14.9 Å². The van der Waals surface area contributed by atoms with E-state index in [0.29, 0.717) is 22.3 Å². The maximum atomic E-state index is 12.8. The van der Waals surface area contributed by atoms with Crippen molar-refractivity contribution >= 4 is 33.8 Å². The number of hydrogen-bond acceptors (Lipinski definition) is 8. The zero-order chi connectivity index (χ0) is 24.9. The van der Waals surface area contributed by atoms with E-state index in [1.54, 1.807) is 19.4 Å². The van der Waals surface area contributed by atoms with E-state index in [0.717, 1.165) is 16.8 Å². The summed E-state index contributed by atoms with van der Waals surface area (Å²) >= 11 is 1.26. The number of nitro groups is 1. The van der Waals surface area contributed by atoms with Crippen molar-refractivity contribution < 1.29 is 14.5 Å². The Hall–Kier alpha value is -4.31. The zero-order valence-electron chi connectivity index (χ0n) is 19.3. The number of carbonyl (C=O) groups excluding carboxylic acids is 1. The Bertz CT molecular complexity index is 1370. The Morgan fingerprint density at radius 1 is 1.17 bits per heavy atom. The molecule has 1 unspecified atom stereocenters. The van der Waals surface area contributed by atoms with Crippen LogP contribution in [0.4, 0.5) is 16.5 Å². The quantitative estimate of drug-likeness (QED) is 0.235. The van der Waals surface area contributed by atoms with Crippen molar-refractivity contribution in [3.05, 3.63) is 93.1 Å². The van der Waals surface area contributed by atoms with Gasteiger partial charge in [-0.2, -0.15) is 0 Å². The second kappa shape index (κ2) is 10.3. The third-order valence-electron chi connectivity index (χ3n) is 5.32. The Labute approximate surface area is 206 Å². The average molecular weight is 490 g/mol. The number of carbonyl (C=O) groups is 1. The zero-order valence-corrected chi connectivity index (χ0v) is 20.1. The van der Waals surface area contributed by atoms with Gasteiger partial charge in [-0.25, -0.2) is 4.98 Å². The van der Waals surface area contributed by atoms with Gasteiger partial charge in [0, 0.05) is 28.8 Å². The van der Waals surface area contributed by atoms with Crippen LogP contribution in [0.5, 0.6) is 5.75 Å². The summed E-state index contributed by atoms with van der Waals surface area (Å²) in [5.74, 6) is 0.187. The number of aromatic nitrogens is 2. The third kappa shape index (κ3) is 5.44. The molecule has 10 heteroatoms. The van der Waals surface area contributed by atoms with Gasteiger partial charge in [0.15, 0.2) is 5.13 Å². The molecule has 0 aliphatic rings. The fourth-order valence-corrected chi connectivity index (χ4v) is 4.24. The topological polar surface area (TPSA) is 119 Å². The maximum absolute atomic E-state index is 12.8. The first-order valence-corrected chi connectivity index (χ1v) is 11.6. The number of methoxy groups -OCH3 is 1. The fraction of sp³-hybridized carbons (Fsp3) is 0.160. The minimum Gasteiger partial charge on any atom is -0.496 e. The number of thiazole rings is 1. The Kier molecular flexibility index (Phi) is 7.02. The molecule has 0 radical (unpaired) electrons. The lowest BCUT2D eigenvalue weighted by Crippen LogP contribution is -2.13. The highest BCUT2D eigenvalue weighted by Gasteiger charge is 2.20. The van der Waals surface area contributed by atoms with Gasteiger partial charge in [0.05, 0.1) is 29.5 Å². The van der Waals surface area contributed by atoms with E-state index < -0.39 is 10.8 Å². The van der Waals surface area contributed by atoms with Gasteiger partial charge < -0.3 is 10.1 Å². The molecule has 4 rings (SSSR count). The second-order valence-corrected chi connectivity index (χ2v) is 8.66. The molecule has 2 heterocycles. The number of nitrogens with zero attached hydrogens (tertiary/aromatic N) is 3. The molecule has 1 amide bonds. The molecule has 9 nitrogen and oxygen atoms in total. The van der Waals surface area contributed by atoms with E-state index in [1.807, 2.05) is 49.6 Å². The number of rotatable bonds is 8. The molecule has 0 aliphatic carbocycles. The SMILES string of the molecule is COc1ccc(C)cc1-c1csc(NC(=O)c2ccc(NC(C)c3ccccn3)c([N+](=O)[O-])c2)n1. The van der Waals surface area contributed by atoms with Gasteiger partial charge in [0.2, 0.25) is 0 Å². The lowest BCUT2D eigenvalue weighted by Gasteiger charge is -2.15. The van der Waals surface area contributed by atoms with Gasteiger partial charge in [0.25, 0.3) is 11.6 Å². The lowest BCUT2D eigenvalue weighted by molar-refractivity contribution is -0.384. The van der Waals surface area contributed by atoms with Gasteiger partial charge >= 0.3 is 0 Å². The summed E-state index contributed by atoms with van der Waals surface area (Å²) in [4.78, 5) is 32.8. The van der Waals surface area contributed by atoms with Crippen molar-refractivity contribution in [2.75, 3.05) is 17.7 Å². The number of nitro benzene ring substituents is 1. The second-order valence-electron chi connectivity index (χ2n) is 7.81. The molecule has 0 saturated heterocycles. The van der Waals surface area contributed by atoms with Gasteiger partial charge in [-0.15, -0.1) is 11.3 Å². The van der Waals surface area contributed by atoms with E-state index in [4.69, 9.17) is 4.74 Å². The highest BCUT2D eigenvalue weighted by Crippen LogP contribution is 2.33. The molecule has 0 fully saturated rings. The number of anilines is 2. The van der Waals surface area contributed by atoms with Crippen LogP contribution in [0.2, 0.25) is 0 Å². The van der Waals surface area contributed by atoms with E-state index in [1.165, 1.54) is 29.5 Å². The minimum atomic E-state index is -0.518. The van der Waals surface area contributed by atoms with Crippen LogP contribution in [0.15, 0.2) is 66.2 Å². The molecular formula is C25H23N5O4S. The monoisotopic (exact) mass is 489 g/mol. The summed E-state index contributed by atoms with van der Waals surface area (Å²) in [6.07, 6.45) is 1.66. The molecule has 0 spiro atoms. The maximum Gasteiger partial charge on any atom is 0.293 e.